The minimum atomic E-state index is -1.04. The number of alkyl halides is 1. The Morgan fingerprint density at radius 1 is 1.12 bits per heavy atom. The van der Waals surface area contributed by atoms with Gasteiger partial charge in [0, 0.05) is 17.5 Å². The molecule has 2 aliphatic carbocycles. The number of anilines is 1. The van der Waals surface area contributed by atoms with Crippen LogP contribution in [0.3, 0.4) is 0 Å². The summed E-state index contributed by atoms with van der Waals surface area (Å²) >= 11 is 13.8. The summed E-state index contributed by atoms with van der Waals surface area (Å²) in [5.74, 6) is 0.501. The lowest BCUT2D eigenvalue weighted by molar-refractivity contribution is 0.0577. The highest BCUT2D eigenvalue weighted by Gasteiger charge is 2.46. The zero-order valence-corrected chi connectivity index (χ0v) is 27.4. The average Bonchev–Trinajstić information content (AvgIpc) is 3.76. The van der Waals surface area contributed by atoms with Crippen LogP contribution in [-0.2, 0) is 0 Å². The molecular formula is C30H37F2N5OS4. The standard InChI is InChI=1S/C30H37F2N5OS4/c1-4-29(3)11-5-6-17(2)12-22(27(29)32)37(20-8-9-20)25-16-33-28(36-35-25)21-10-7-18(13-23(21)38)19-14-24(31)34-26(15-19)42-30(39,40)41/h7,10,13-17,20,22,27,38-41H,4-6,8-9,11-12H2,1-3H3/t17?,22-,27-,29+/m0/s1. The number of hydrogen-bond donors (Lipinski definition) is 4. The van der Waals surface area contributed by atoms with Crippen molar-refractivity contribution in [2.75, 3.05) is 4.90 Å². The Balaban J connectivity index is 1.41. The number of rotatable bonds is 8. The van der Waals surface area contributed by atoms with E-state index in [1.54, 1.807) is 24.4 Å². The zero-order chi connectivity index (χ0) is 30.2. The summed E-state index contributed by atoms with van der Waals surface area (Å²) in [6, 6.07) is 7.86. The van der Waals surface area contributed by atoms with Gasteiger partial charge >= 0.3 is 0 Å². The number of benzene rings is 1. The van der Waals surface area contributed by atoms with E-state index in [4.69, 9.17) is 0 Å². The molecule has 4 atom stereocenters. The van der Waals surface area contributed by atoms with E-state index in [-0.39, 0.29) is 29.1 Å². The SMILES string of the molecule is CC[C@]1(C)CCCC(C)C[C@H](N(c2cnc(-c3ccc(-c4cc(F)nc(SC(S)(S)S)c4)cc3O)nn2)C2CC2)[C@@H]1F. The molecule has 0 aliphatic heterocycles. The van der Waals surface area contributed by atoms with Gasteiger partial charge in [-0.2, -0.15) is 4.39 Å². The molecule has 0 bridgehead atoms. The fourth-order valence-corrected chi connectivity index (χ4v) is 7.40. The Hall–Kier alpha value is -1.76. The molecule has 3 aromatic rings. The third kappa shape index (κ3) is 7.30. The molecule has 2 heterocycles. The molecule has 0 spiro atoms. The third-order valence-electron chi connectivity index (χ3n) is 8.60. The average molecular weight is 650 g/mol. The molecule has 1 N–H and O–H groups in total. The second kappa shape index (κ2) is 12.7. The summed E-state index contributed by atoms with van der Waals surface area (Å²) in [5.41, 5.74) is 1.12. The Kier molecular flexibility index (Phi) is 9.57. The topological polar surface area (TPSA) is 75.0 Å². The van der Waals surface area contributed by atoms with Crippen LogP contribution in [-0.4, -0.2) is 46.3 Å². The number of nitrogens with zero attached hydrogens (tertiary/aromatic N) is 5. The van der Waals surface area contributed by atoms with E-state index in [1.807, 2.05) is 0 Å². The monoisotopic (exact) mass is 649 g/mol. The van der Waals surface area contributed by atoms with E-state index < -0.39 is 14.9 Å². The highest BCUT2D eigenvalue weighted by Crippen LogP contribution is 2.46. The highest BCUT2D eigenvalue weighted by atomic mass is 32.3. The number of aromatic nitrogens is 4. The summed E-state index contributed by atoms with van der Waals surface area (Å²) in [6.45, 7) is 6.39. The van der Waals surface area contributed by atoms with Crippen LogP contribution < -0.4 is 4.90 Å². The van der Waals surface area contributed by atoms with Gasteiger partial charge in [0.15, 0.2) is 14.4 Å². The number of hydrogen-bond acceptors (Lipinski definition) is 10. The predicted octanol–water partition coefficient (Wildman–Crippen LogP) is 8.24. The van der Waals surface area contributed by atoms with Crippen LogP contribution in [0.25, 0.3) is 22.5 Å². The Labute approximate surface area is 267 Å². The maximum absolute atomic E-state index is 16.4. The second-order valence-electron chi connectivity index (χ2n) is 11.9. The number of phenolic OH excluding ortho intramolecular Hbond substituents is 1. The van der Waals surface area contributed by atoms with Crippen molar-refractivity contribution in [3.8, 4) is 28.3 Å². The van der Waals surface area contributed by atoms with Gasteiger partial charge < -0.3 is 10.0 Å². The van der Waals surface area contributed by atoms with Gasteiger partial charge in [-0.3, -0.25) is 0 Å². The molecule has 1 aromatic carbocycles. The van der Waals surface area contributed by atoms with Crippen molar-refractivity contribution in [2.45, 2.75) is 91.7 Å². The van der Waals surface area contributed by atoms with Crippen LogP contribution in [0.2, 0.25) is 0 Å². The molecule has 2 fully saturated rings. The van der Waals surface area contributed by atoms with E-state index in [0.717, 1.165) is 56.7 Å². The normalized spacial score (nSPS) is 25.1. The zero-order valence-electron chi connectivity index (χ0n) is 23.9. The Morgan fingerprint density at radius 2 is 1.88 bits per heavy atom. The Bertz CT molecular complexity index is 1410. The van der Waals surface area contributed by atoms with Crippen molar-refractivity contribution in [3.05, 3.63) is 42.5 Å². The van der Waals surface area contributed by atoms with Gasteiger partial charge in [-0.25, -0.2) is 14.4 Å². The lowest BCUT2D eigenvalue weighted by Crippen LogP contribution is -2.51. The van der Waals surface area contributed by atoms with Gasteiger partial charge in [-0.15, -0.1) is 48.1 Å². The van der Waals surface area contributed by atoms with Crippen molar-refractivity contribution in [1.82, 2.24) is 20.2 Å². The van der Waals surface area contributed by atoms with Crippen LogP contribution in [0.1, 0.15) is 65.7 Å². The fourth-order valence-electron chi connectivity index (χ4n) is 5.96. The van der Waals surface area contributed by atoms with E-state index in [1.165, 1.54) is 12.1 Å². The predicted molar refractivity (Wildman–Crippen MR) is 176 cm³/mol. The molecule has 6 nitrogen and oxygen atoms in total. The second-order valence-corrected chi connectivity index (χ2v) is 17.1. The molecule has 5 rings (SSSR count). The first-order valence-electron chi connectivity index (χ1n) is 14.4. The van der Waals surface area contributed by atoms with Crippen LogP contribution in [0, 0.1) is 17.3 Å². The van der Waals surface area contributed by atoms with Gasteiger partial charge in [-0.05, 0) is 67.3 Å². The highest BCUT2D eigenvalue weighted by molar-refractivity contribution is 8.36. The van der Waals surface area contributed by atoms with Crippen molar-refractivity contribution >= 4 is 55.5 Å². The van der Waals surface area contributed by atoms with E-state index >= 15 is 4.39 Å². The molecule has 0 amide bonds. The number of pyridine rings is 1. The summed E-state index contributed by atoms with van der Waals surface area (Å²) < 4.78 is 29.6. The number of aromatic hydroxyl groups is 1. The minimum Gasteiger partial charge on any atom is -0.507 e. The minimum absolute atomic E-state index is 0.0733. The molecular weight excluding hydrogens is 613 g/mol. The number of thioether (sulfide) groups is 1. The fraction of sp³-hybridized carbons (Fsp3) is 0.533. The molecule has 0 radical (unpaired) electrons. The number of halogens is 2. The van der Waals surface area contributed by atoms with Crippen LogP contribution in [0.15, 0.2) is 41.6 Å². The van der Waals surface area contributed by atoms with Crippen molar-refractivity contribution in [3.63, 3.8) is 0 Å². The number of thiol groups is 3. The van der Waals surface area contributed by atoms with Crippen molar-refractivity contribution in [2.24, 2.45) is 11.3 Å². The van der Waals surface area contributed by atoms with Crippen LogP contribution in [0.5, 0.6) is 5.75 Å². The summed E-state index contributed by atoms with van der Waals surface area (Å²) in [6.07, 6.45) is 7.26. The lowest BCUT2D eigenvalue weighted by Gasteiger charge is -2.45. The molecule has 2 saturated carbocycles. The summed E-state index contributed by atoms with van der Waals surface area (Å²) in [7, 11) is 0. The van der Waals surface area contributed by atoms with Gasteiger partial charge in [0.25, 0.3) is 0 Å². The molecule has 1 unspecified atom stereocenters. The first-order chi connectivity index (χ1) is 19.9. The van der Waals surface area contributed by atoms with Gasteiger partial charge in [-0.1, -0.05) is 51.4 Å². The molecule has 2 aromatic heterocycles. The maximum Gasteiger partial charge on any atom is 0.214 e. The summed E-state index contributed by atoms with van der Waals surface area (Å²) in [4.78, 5) is 10.6. The first kappa shape index (κ1) is 31.7. The smallest absolute Gasteiger partial charge is 0.214 e. The first-order valence-corrected chi connectivity index (χ1v) is 16.5. The maximum atomic E-state index is 16.4. The molecule has 2 aliphatic rings. The van der Waals surface area contributed by atoms with Crippen molar-refractivity contribution < 1.29 is 13.9 Å². The van der Waals surface area contributed by atoms with Crippen molar-refractivity contribution in [1.29, 1.82) is 0 Å². The van der Waals surface area contributed by atoms with E-state index in [0.29, 0.717) is 33.5 Å². The van der Waals surface area contributed by atoms with Crippen LogP contribution >= 0.6 is 49.6 Å². The Morgan fingerprint density at radius 3 is 2.50 bits per heavy atom. The molecule has 42 heavy (non-hydrogen) atoms. The van der Waals surface area contributed by atoms with E-state index in [2.05, 4.69) is 83.7 Å². The van der Waals surface area contributed by atoms with Gasteiger partial charge in [0.05, 0.1) is 17.8 Å². The quantitative estimate of drug-likeness (QED) is 0.0848. The number of phenols is 1. The molecule has 12 heteroatoms. The van der Waals surface area contributed by atoms with Crippen LogP contribution in [0.4, 0.5) is 14.6 Å². The van der Waals surface area contributed by atoms with Gasteiger partial charge in [0.1, 0.15) is 16.9 Å². The summed E-state index contributed by atoms with van der Waals surface area (Å²) in [5, 5.41) is 20.1. The third-order valence-corrected chi connectivity index (χ3v) is 10.1. The molecule has 0 saturated heterocycles. The largest absolute Gasteiger partial charge is 0.507 e. The molecule has 226 valence electrons. The van der Waals surface area contributed by atoms with E-state index in [9.17, 15) is 9.50 Å². The lowest BCUT2D eigenvalue weighted by atomic mass is 9.71. The van der Waals surface area contributed by atoms with Gasteiger partial charge in [0.2, 0.25) is 5.95 Å².